The van der Waals surface area contributed by atoms with Gasteiger partial charge in [0.25, 0.3) is 0 Å². The molecule has 1 aliphatic rings. The van der Waals surface area contributed by atoms with Crippen molar-refractivity contribution in [3.8, 4) is 0 Å². The molecule has 0 aromatic carbocycles. The Morgan fingerprint density at radius 3 is 2.38 bits per heavy atom. The minimum Gasteiger partial charge on any atom is -0.302 e. The van der Waals surface area contributed by atoms with E-state index in [-0.39, 0.29) is 11.3 Å². The number of alkyl halides is 1. The van der Waals surface area contributed by atoms with E-state index in [0.29, 0.717) is 18.8 Å². The van der Waals surface area contributed by atoms with Gasteiger partial charge in [0.15, 0.2) is 0 Å². The molecule has 0 saturated heterocycles. The first-order valence-corrected chi connectivity index (χ1v) is 7.81. The summed E-state index contributed by atoms with van der Waals surface area (Å²) in [7, 11) is 0.865. The van der Waals surface area contributed by atoms with Gasteiger partial charge in [-0.2, -0.15) is 0 Å². The number of halogens is 1. The first-order chi connectivity index (χ1) is 7.42. The summed E-state index contributed by atoms with van der Waals surface area (Å²) in [6.45, 7) is 0.518. The minimum atomic E-state index is -3.15. The maximum absolute atomic E-state index is 11.6. The van der Waals surface area contributed by atoms with Crippen LogP contribution in [0.2, 0.25) is 0 Å². The van der Waals surface area contributed by atoms with Crippen LogP contribution in [-0.2, 0) is 10.0 Å². The van der Waals surface area contributed by atoms with E-state index >= 15 is 0 Å². The molecule has 0 aromatic heterocycles. The molecule has 0 amide bonds. The van der Waals surface area contributed by atoms with E-state index in [0.717, 1.165) is 12.8 Å². The van der Waals surface area contributed by atoms with Gasteiger partial charge in [-0.1, -0.05) is 0 Å². The second-order valence-electron chi connectivity index (χ2n) is 4.65. The number of likely N-dealkylation sites (N-methyl/N-ethyl adjacent to an activating group) is 1. The van der Waals surface area contributed by atoms with Gasteiger partial charge in [0.05, 0.1) is 5.75 Å². The average Bonchev–Trinajstić information content (AvgIpc) is 2.12. The Morgan fingerprint density at radius 1 is 1.38 bits per heavy atom. The SMILES string of the molecule is CN(C)C1(CNS(=O)(=O)CCCCl)CCC1. The van der Waals surface area contributed by atoms with Crippen LogP contribution in [-0.4, -0.2) is 51.1 Å². The van der Waals surface area contributed by atoms with Gasteiger partial charge in [-0.15, -0.1) is 11.6 Å². The van der Waals surface area contributed by atoms with E-state index in [4.69, 9.17) is 11.6 Å². The van der Waals surface area contributed by atoms with Gasteiger partial charge in [0.1, 0.15) is 0 Å². The molecule has 0 bridgehead atoms. The summed E-state index contributed by atoms with van der Waals surface area (Å²) in [4.78, 5) is 2.13. The van der Waals surface area contributed by atoms with Gasteiger partial charge in [-0.25, -0.2) is 13.1 Å². The fraction of sp³-hybridized carbons (Fsp3) is 1.00. The number of hydrogen-bond acceptors (Lipinski definition) is 3. The molecule has 1 N–H and O–H groups in total. The van der Waals surface area contributed by atoms with Gasteiger partial charge in [0, 0.05) is 18.0 Å². The Morgan fingerprint density at radius 2 is 2.00 bits per heavy atom. The third-order valence-electron chi connectivity index (χ3n) is 3.40. The van der Waals surface area contributed by atoms with E-state index in [1.807, 2.05) is 14.1 Å². The predicted octanol–water partition coefficient (Wildman–Crippen LogP) is 1.02. The summed E-state index contributed by atoms with van der Waals surface area (Å²) in [6.07, 6.45) is 3.82. The van der Waals surface area contributed by atoms with Crippen molar-refractivity contribution < 1.29 is 8.42 Å². The molecule has 0 aliphatic heterocycles. The van der Waals surface area contributed by atoms with Gasteiger partial charge < -0.3 is 4.90 Å². The molecule has 1 aliphatic carbocycles. The molecule has 1 saturated carbocycles. The van der Waals surface area contributed by atoms with Crippen LogP contribution in [0.5, 0.6) is 0 Å². The minimum absolute atomic E-state index is 0.0357. The van der Waals surface area contributed by atoms with E-state index < -0.39 is 10.0 Å². The molecule has 6 heteroatoms. The molecular weight excluding hydrogens is 248 g/mol. The summed E-state index contributed by atoms with van der Waals surface area (Å²) >= 11 is 5.49. The van der Waals surface area contributed by atoms with Crippen LogP contribution >= 0.6 is 11.6 Å². The van der Waals surface area contributed by atoms with E-state index in [9.17, 15) is 8.42 Å². The van der Waals surface area contributed by atoms with Crippen molar-refractivity contribution >= 4 is 21.6 Å². The van der Waals surface area contributed by atoms with Crippen molar-refractivity contribution in [3.63, 3.8) is 0 Å². The van der Waals surface area contributed by atoms with Gasteiger partial charge in [0.2, 0.25) is 10.0 Å². The third kappa shape index (κ3) is 3.58. The highest BCUT2D eigenvalue weighted by Gasteiger charge is 2.39. The number of nitrogens with one attached hydrogen (secondary N) is 1. The number of nitrogens with zero attached hydrogens (tertiary/aromatic N) is 1. The maximum atomic E-state index is 11.6. The lowest BCUT2D eigenvalue weighted by atomic mass is 9.76. The van der Waals surface area contributed by atoms with Crippen molar-refractivity contribution in [2.75, 3.05) is 32.3 Å². The van der Waals surface area contributed by atoms with Crippen LogP contribution in [0.4, 0.5) is 0 Å². The lowest BCUT2D eigenvalue weighted by Crippen LogP contribution is -2.57. The van der Waals surface area contributed by atoms with Gasteiger partial charge in [-0.05, 0) is 39.8 Å². The molecule has 16 heavy (non-hydrogen) atoms. The molecule has 0 aromatic rings. The Labute approximate surface area is 103 Å². The van der Waals surface area contributed by atoms with Crippen molar-refractivity contribution in [2.24, 2.45) is 0 Å². The molecule has 4 nitrogen and oxygen atoms in total. The Hall–Kier alpha value is 0.160. The first-order valence-electron chi connectivity index (χ1n) is 5.63. The molecule has 0 unspecified atom stereocenters. The zero-order valence-corrected chi connectivity index (χ0v) is 11.6. The number of hydrogen-bond donors (Lipinski definition) is 1. The fourth-order valence-electron chi connectivity index (χ4n) is 1.93. The Bertz CT molecular complexity index is 313. The van der Waals surface area contributed by atoms with Crippen LogP contribution in [0.25, 0.3) is 0 Å². The molecule has 0 spiro atoms. The first kappa shape index (κ1) is 14.2. The molecule has 1 rings (SSSR count). The van der Waals surface area contributed by atoms with Crippen molar-refractivity contribution in [1.29, 1.82) is 0 Å². The van der Waals surface area contributed by atoms with Gasteiger partial charge >= 0.3 is 0 Å². The topological polar surface area (TPSA) is 49.4 Å². The van der Waals surface area contributed by atoms with Crippen LogP contribution in [0.3, 0.4) is 0 Å². The van der Waals surface area contributed by atoms with E-state index in [1.165, 1.54) is 6.42 Å². The fourth-order valence-corrected chi connectivity index (χ4v) is 3.38. The summed E-state index contributed by atoms with van der Waals surface area (Å²) < 4.78 is 25.9. The monoisotopic (exact) mass is 268 g/mol. The maximum Gasteiger partial charge on any atom is 0.211 e. The smallest absolute Gasteiger partial charge is 0.211 e. The standard InChI is InChI=1S/C10H21ClN2O2S/c1-13(2)10(5-3-6-10)9-12-16(14,15)8-4-7-11/h12H,3-9H2,1-2H3. The van der Waals surface area contributed by atoms with Crippen LogP contribution in [0.1, 0.15) is 25.7 Å². The molecular formula is C10H21ClN2O2S. The third-order valence-corrected chi connectivity index (χ3v) is 5.08. The number of sulfonamides is 1. The zero-order valence-electron chi connectivity index (χ0n) is 10.00. The highest BCUT2D eigenvalue weighted by atomic mass is 35.5. The second kappa shape index (κ2) is 5.67. The van der Waals surface area contributed by atoms with E-state index in [2.05, 4.69) is 9.62 Å². The van der Waals surface area contributed by atoms with E-state index in [1.54, 1.807) is 0 Å². The van der Waals surface area contributed by atoms with Crippen molar-refractivity contribution in [2.45, 2.75) is 31.2 Å². The number of rotatable bonds is 7. The van der Waals surface area contributed by atoms with Crippen molar-refractivity contribution in [3.05, 3.63) is 0 Å². The summed E-state index contributed by atoms with van der Waals surface area (Å²) in [5.41, 5.74) is 0.0357. The second-order valence-corrected chi connectivity index (χ2v) is 6.96. The zero-order chi connectivity index (χ0) is 12.2. The highest BCUT2D eigenvalue weighted by Crippen LogP contribution is 2.35. The summed E-state index contributed by atoms with van der Waals surface area (Å²) in [5, 5.41) is 0. The molecule has 96 valence electrons. The lowest BCUT2D eigenvalue weighted by Gasteiger charge is -2.47. The lowest BCUT2D eigenvalue weighted by molar-refractivity contribution is 0.0657. The normalized spacial score (nSPS) is 19.8. The highest BCUT2D eigenvalue weighted by molar-refractivity contribution is 7.89. The van der Waals surface area contributed by atoms with Crippen LogP contribution in [0, 0.1) is 0 Å². The Kier molecular flexibility index (Phi) is 5.04. The average molecular weight is 269 g/mol. The quantitative estimate of drug-likeness (QED) is 0.702. The molecule has 0 radical (unpaired) electrons. The van der Waals surface area contributed by atoms with Crippen LogP contribution < -0.4 is 4.72 Å². The summed E-state index contributed by atoms with van der Waals surface area (Å²) in [5.74, 6) is 0.514. The molecule has 1 fully saturated rings. The largest absolute Gasteiger partial charge is 0.302 e. The van der Waals surface area contributed by atoms with Gasteiger partial charge in [-0.3, -0.25) is 0 Å². The molecule has 0 atom stereocenters. The predicted molar refractivity (Wildman–Crippen MR) is 67.4 cm³/mol. The molecule has 0 heterocycles. The summed E-state index contributed by atoms with van der Waals surface area (Å²) in [6, 6.07) is 0. The van der Waals surface area contributed by atoms with Crippen molar-refractivity contribution in [1.82, 2.24) is 9.62 Å². The Balaban J connectivity index is 2.44. The van der Waals surface area contributed by atoms with Crippen LogP contribution in [0.15, 0.2) is 0 Å².